The molecule has 0 aromatic heterocycles. The van der Waals surface area contributed by atoms with Gasteiger partial charge in [0.15, 0.2) is 0 Å². The van der Waals surface area contributed by atoms with Gasteiger partial charge in [-0.2, -0.15) is 12.8 Å². The van der Waals surface area contributed by atoms with Crippen molar-refractivity contribution in [3.05, 3.63) is 23.8 Å². The highest BCUT2D eigenvalue weighted by atomic mass is 32.2. The van der Waals surface area contributed by atoms with Gasteiger partial charge in [0.25, 0.3) is 10.1 Å². The molecule has 1 rings (SSSR count). The van der Waals surface area contributed by atoms with Crippen LogP contribution in [0.4, 0.5) is 5.69 Å². The van der Waals surface area contributed by atoms with Crippen molar-refractivity contribution < 1.29 is 13.0 Å². The molecule has 0 aliphatic heterocycles. The summed E-state index contributed by atoms with van der Waals surface area (Å²) < 4.78 is 33.8. The van der Waals surface area contributed by atoms with Gasteiger partial charge in [-0.05, 0) is 24.6 Å². The number of aryl methyl sites for hydroxylation is 1. The van der Waals surface area contributed by atoms with Crippen LogP contribution in [0.2, 0.25) is 0 Å². The van der Waals surface area contributed by atoms with Crippen LogP contribution in [0.3, 0.4) is 0 Å². The molecule has 4 nitrogen and oxygen atoms in total. The Kier molecular flexibility index (Phi) is 2.74. The molecule has 0 saturated carbocycles. The Balaban J connectivity index is 3.44. The second-order valence-corrected chi connectivity index (χ2v) is 4.09. The van der Waals surface area contributed by atoms with Gasteiger partial charge >= 0.3 is 0 Å². The number of nitrogens with zero attached hydrogens (tertiary/aromatic N) is 1. The van der Waals surface area contributed by atoms with Gasteiger partial charge in [-0.3, -0.25) is 4.55 Å². The van der Waals surface area contributed by atoms with E-state index in [2.05, 4.69) is 16.8 Å². The first-order valence-corrected chi connectivity index (χ1v) is 5.17. The smallest absolute Gasteiger partial charge is 0.282 e. The molecule has 1 aromatic carbocycles. The van der Waals surface area contributed by atoms with Gasteiger partial charge in [-0.1, -0.05) is 6.07 Å². The molecule has 0 bridgehead atoms. The molecule has 0 amide bonds. The van der Waals surface area contributed by atoms with Crippen LogP contribution in [-0.4, -0.2) is 13.0 Å². The van der Waals surface area contributed by atoms with Crippen LogP contribution in [0.1, 0.15) is 5.56 Å². The van der Waals surface area contributed by atoms with Crippen molar-refractivity contribution in [1.82, 2.24) is 0 Å². The van der Waals surface area contributed by atoms with E-state index in [9.17, 15) is 8.42 Å². The highest BCUT2D eigenvalue weighted by Crippen LogP contribution is 2.21. The summed E-state index contributed by atoms with van der Waals surface area (Å²) in [4.78, 5) is -0.154. The van der Waals surface area contributed by atoms with Gasteiger partial charge in [0.1, 0.15) is 0 Å². The molecule has 1 aromatic rings. The van der Waals surface area contributed by atoms with Crippen molar-refractivity contribution in [2.24, 2.45) is 4.36 Å². The Morgan fingerprint density at radius 2 is 2.08 bits per heavy atom. The molecule has 1 N–H and O–H groups in total. The van der Waals surface area contributed by atoms with Crippen LogP contribution >= 0.6 is 0 Å². The van der Waals surface area contributed by atoms with Gasteiger partial charge in [-0.25, -0.2) is 0 Å². The largest absolute Gasteiger partial charge is 0.294 e. The van der Waals surface area contributed by atoms with Crippen molar-refractivity contribution in [3.8, 4) is 0 Å². The summed E-state index contributed by atoms with van der Waals surface area (Å²) in [5.41, 5.74) is 0.804. The van der Waals surface area contributed by atoms with E-state index in [1.165, 1.54) is 12.1 Å². The number of rotatable bonds is 2. The molecule has 70 valence electrons. The third-order valence-corrected chi connectivity index (χ3v) is 2.76. The van der Waals surface area contributed by atoms with E-state index in [0.717, 1.165) is 0 Å². The molecule has 0 heterocycles. The number of hydrogen-bond acceptors (Lipinski definition) is 4. The third kappa shape index (κ3) is 2.30. The maximum Gasteiger partial charge on any atom is 0.294 e. The van der Waals surface area contributed by atoms with Crippen LogP contribution in [0.25, 0.3) is 0 Å². The monoisotopic (exact) mass is 217 g/mol. The summed E-state index contributed by atoms with van der Waals surface area (Å²) >= 11 is 4.39. The Labute approximate surface area is 81.5 Å². The van der Waals surface area contributed by atoms with E-state index < -0.39 is 10.1 Å². The van der Waals surface area contributed by atoms with E-state index in [1.54, 1.807) is 13.0 Å². The topological polar surface area (TPSA) is 66.7 Å². The summed E-state index contributed by atoms with van der Waals surface area (Å²) in [7, 11) is -4.17. The molecule has 0 aliphatic rings. The van der Waals surface area contributed by atoms with E-state index >= 15 is 0 Å². The molecule has 0 spiro atoms. The number of benzene rings is 1. The van der Waals surface area contributed by atoms with Crippen molar-refractivity contribution in [2.75, 3.05) is 0 Å². The molecular weight excluding hydrogens is 210 g/mol. The van der Waals surface area contributed by atoms with Crippen molar-refractivity contribution >= 4 is 28.2 Å². The fourth-order valence-electron chi connectivity index (χ4n) is 0.923. The highest BCUT2D eigenvalue weighted by molar-refractivity contribution is 7.85. The van der Waals surface area contributed by atoms with Crippen LogP contribution in [-0.2, 0) is 22.5 Å². The zero-order valence-corrected chi connectivity index (χ0v) is 8.39. The average molecular weight is 217 g/mol. The summed E-state index contributed by atoms with van der Waals surface area (Å²) in [5.74, 6) is 0. The second kappa shape index (κ2) is 3.49. The zero-order chi connectivity index (χ0) is 10.1. The molecule has 0 aliphatic carbocycles. The normalized spacial score (nSPS) is 11.2. The quantitative estimate of drug-likeness (QED) is 0.764. The van der Waals surface area contributed by atoms with Crippen LogP contribution < -0.4 is 0 Å². The summed E-state index contributed by atoms with van der Waals surface area (Å²) in [6.45, 7) is 1.58. The van der Waals surface area contributed by atoms with Gasteiger partial charge in [0.2, 0.25) is 0 Å². The lowest BCUT2D eigenvalue weighted by Crippen LogP contribution is -2.00. The van der Waals surface area contributed by atoms with E-state index in [0.29, 0.717) is 11.3 Å². The molecular formula is C7H7NO3S2. The number of hydrogen-bond donors (Lipinski definition) is 1. The Morgan fingerprint density at radius 3 is 2.54 bits per heavy atom. The minimum Gasteiger partial charge on any atom is -0.282 e. The van der Waals surface area contributed by atoms with Gasteiger partial charge < -0.3 is 0 Å². The molecule has 0 saturated heterocycles. The average Bonchev–Trinajstić information content (AvgIpc) is 2.03. The summed E-state index contributed by atoms with van der Waals surface area (Å²) in [5, 5.41) is 0. The maximum atomic E-state index is 10.8. The van der Waals surface area contributed by atoms with Crippen LogP contribution in [0.15, 0.2) is 27.5 Å². The minimum atomic E-state index is -4.17. The second-order valence-electron chi connectivity index (χ2n) is 2.52. The lowest BCUT2D eigenvalue weighted by molar-refractivity contribution is 0.482. The molecule has 0 radical (unpaired) electrons. The predicted molar refractivity (Wildman–Crippen MR) is 50.4 cm³/mol. The van der Waals surface area contributed by atoms with E-state index in [-0.39, 0.29) is 4.90 Å². The summed E-state index contributed by atoms with van der Waals surface area (Å²) in [6, 6.07) is 4.35. The fraction of sp³-hybridized carbons (Fsp3) is 0.143. The standard InChI is InChI=1S/C7H7NO3S2/c1-5-2-3-6(8-12)4-7(5)13(9,10)11/h2-4H,1H3,(H,9,10,11). The Hall–Kier alpha value is -0.850. The summed E-state index contributed by atoms with van der Waals surface area (Å²) in [6.07, 6.45) is 0. The van der Waals surface area contributed by atoms with Crippen molar-refractivity contribution in [3.63, 3.8) is 0 Å². The molecule has 0 fully saturated rings. The van der Waals surface area contributed by atoms with Gasteiger partial charge in [0, 0.05) is 12.4 Å². The SMILES string of the molecule is Cc1ccc(N=S)cc1S(=O)(=O)O. The maximum absolute atomic E-state index is 10.8. The minimum absolute atomic E-state index is 0.154. The fourth-order valence-corrected chi connectivity index (χ4v) is 1.78. The van der Waals surface area contributed by atoms with Crippen LogP contribution in [0, 0.1) is 6.92 Å². The molecule has 0 unspecified atom stereocenters. The van der Waals surface area contributed by atoms with E-state index in [1.807, 2.05) is 0 Å². The first-order valence-electron chi connectivity index (χ1n) is 3.36. The first-order chi connectivity index (χ1) is 5.95. The van der Waals surface area contributed by atoms with Crippen molar-refractivity contribution in [2.45, 2.75) is 11.8 Å². The lowest BCUT2D eigenvalue weighted by Gasteiger charge is -2.01. The zero-order valence-electron chi connectivity index (χ0n) is 6.76. The Morgan fingerprint density at radius 1 is 1.46 bits per heavy atom. The third-order valence-electron chi connectivity index (χ3n) is 1.56. The Bertz CT molecular complexity index is 439. The van der Waals surface area contributed by atoms with Gasteiger partial charge in [-0.15, -0.1) is 0 Å². The highest BCUT2D eigenvalue weighted by Gasteiger charge is 2.13. The first kappa shape index (κ1) is 10.2. The molecule has 13 heavy (non-hydrogen) atoms. The molecule has 6 heteroatoms. The van der Waals surface area contributed by atoms with Gasteiger partial charge in [0.05, 0.1) is 10.6 Å². The van der Waals surface area contributed by atoms with E-state index in [4.69, 9.17) is 4.55 Å². The van der Waals surface area contributed by atoms with Crippen LogP contribution in [0.5, 0.6) is 0 Å². The predicted octanol–water partition coefficient (Wildman–Crippen LogP) is 1.60. The molecule has 0 atom stereocenters. The lowest BCUT2D eigenvalue weighted by atomic mass is 10.2. The van der Waals surface area contributed by atoms with Crippen molar-refractivity contribution in [1.29, 1.82) is 0 Å².